The predicted octanol–water partition coefficient (Wildman–Crippen LogP) is 2.21. The van der Waals surface area contributed by atoms with E-state index in [0.29, 0.717) is 17.9 Å². The number of carbonyl (C=O) groups excluding carboxylic acids is 1. The lowest BCUT2D eigenvalue weighted by Crippen LogP contribution is -1.96. The van der Waals surface area contributed by atoms with Gasteiger partial charge < -0.3 is 14.3 Å². The third kappa shape index (κ3) is 2.26. The Bertz CT molecular complexity index is 336. The summed E-state index contributed by atoms with van der Waals surface area (Å²) in [6, 6.07) is 3.59. The molecule has 0 aromatic heterocycles. The van der Waals surface area contributed by atoms with Gasteiger partial charge in [0.15, 0.2) is 0 Å². The van der Waals surface area contributed by atoms with Crippen LogP contribution in [0, 0.1) is 0 Å². The molecule has 0 aliphatic heterocycles. The first-order valence-corrected chi connectivity index (χ1v) is 4.86. The van der Waals surface area contributed by atoms with Crippen LogP contribution in [0.15, 0.2) is 16.6 Å². The van der Waals surface area contributed by atoms with E-state index in [1.165, 1.54) is 0 Å². The largest absolute Gasteiger partial charge is 0.497 e. The molecule has 1 rings (SSSR count). The summed E-state index contributed by atoms with van der Waals surface area (Å²) in [4.78, 5) is 10.4. The Morgan fingerprint density at radius 1 is 1.36 bits per heavy atom. The number of rotatable bonds is 4. The molecule has 1 aromatic rings. The van der Waals surface area contributed by atoms with E-state index in [9.17, 15) is 4.79 Å². The maximum absolute atomic E-state index is 10.4. The molecule has 0 fully saturated rings. The van der Waals surface area contributed by atoms with E-state index < -0.39 is 0 Å². The van der Waals surface area contributed by atoms with Crippen molar-refractivity contribution in [3.8, 4) is 11.5 Å². The fraction of sp³-hybridized carbons (Fsp3) is 0.300. The highest BCUT2D eigenvalue weighted by Crippen LogP contribution is 2.33. The second-order valence-electron chi connectivity index (χ2n) is 2.67. The minimum absolute atomic E-state index is 0.318. The highest BCUT2D eigenvalue weighted by Gasteiger charge is 2.09. The van der Waals surface area contributed by atoms with Crippen LogP contribution in [0.2, 0.25) is 0 Å². The van der Waals surface area contributed by atoms with Crippen LogP contribution in [-0.4, -0.2) is 20.5 Å². The molecule has 0 heterocycles. The summed E-state index contributed by atoms with van der Waals surface area (Å²) in [5.74, 6) is 1.38. The second-order valence-corrected chi connectivity index (χ2v) is 3.53. The molecule has 0 amide bonds. The Labute approximate surface area is 91.1 Å². The number of hydrogen-bond acceptors (Lipinski definition) is 3. The summed E-state index contributed by atoms with van der Waals surface area (Å²) >= 11 is 3.35. The first-order chi connectivity index (χ1) is 6.72. The zero-order valence-electron chi connectivity index (χ0n) is 8.04. The van der Waals surface area contributed by atoms with Gasteiger partial charge >= 0.3 is 0 Å². The van der Waals surface area contributed by atoms with Gasteiger partial charge in [0.25, 0.3) is 0 Å². The third-order valence-corrected chi connectivity index (χ3v) is 2.43. The Balaban J connectivity index is 3.20. The van der Waals surface area contributed by atoms with Gasteiger partial charge in [-0.05, 0) is 28.1 Å². The molecule has 3 nitrogen and oxygen atoms in total. The van der Waals surface area contributed by atoms with Crippen molar-refractivity contribution in [1.29, 1.82) is 0 Å². The molecule has 14 heavy (non-hydrogen) atoms. The molecule has 4 heteroatoms. The highest BCUT2D eigenvalue weighted by atomic mass is 79.9. The van der Waals surface area contributed by atoms with Gasteiger partial charge in [0.2, 0.25) is 0 Å². The molecule has 76 valence electrons. The Hall–Kier alpha value is -1.03. The van der Waals surface area contributed by atoms with Crippen molar-refractivity contribution in [2.75, 3.05) is 14.2 Å². The summed E-state index contributed by atoms with van der Waals surface area (Å²) in [7, 11) is 3.15. The lowest BCUT2D eigenvalue weighted by atomic mass is 10.1. The summed E-state index contributed by atoms with van der Waals surface area (Å²) in [5, 5.41) is 0. The number of halogens is 1. The summed E-state index contributed by atoms with van der Waals surface area (Å²) < 4.78 is 11.0. The molecule has 0 bridgehead atoms. The number of carbonyl (C=O) groups is 1. The molecule has 0 saturated carbocycles. The van der Waals surface area contributed by atoms with Crippen LogP contribution >= 0.6 is 15.9 Å². The SMILES string of the molecule is COc1cc(Br)c(OC)c(CC=O)c1. The van der Waals surface area contributed by atoms with Gasteiger partial charge in [-0.25, -0.2) is 0 Å². The van der Waals surface area contributed by atoms with Crippen LogP contribution < -0.4 is 9.47 Å². The van der Waals surface area contributed by atoms with E-state index in [0.717, 1.165) is 16.3 Å². The zero-order chi connectivity index (χ0) is 10.6. The molecular weight excluding hydrogens is 248 g/mol. The van der Waals surface area contributed by atoms with Gasteiger partial charge in [0.1, 0.15) is 17.8 Å². The summed E-state index contributed by atoms with van der Waals surface area (Å²) in [6.45, 7) is 0. The third-order valence-electron chi connectivity index (χ3n) is 1.84. The molecule has 0 saturated heterocycles. The van der Waals surface area contributed by atoms with Crippen LogP contribution in [0.25, 0.3) is 0 Å². The lowest BCUT2D eigenvalue weighted by Gasteiger charge is -2.10. The average molecular weight is 259 g/mol. The van der Waals surface area contributed by atoms with Gasteiger partial charge in [-0.15, -0.1) is 0 Å². The molecule has 0 aliphatic carbocycles. The van der Waals surface area contributed by atoms with Crippen LogP contribution in [0.3, 0.4) is 0 Å². The van der Waals surface area contributed by atoms with Crippen LogP contribution in [0.1, 0.15) is 5.56 Å². The topological polar surface area (TPSA) is 35.5 Å². The van der Waals surface area contributed by atoms with Crippen LogP contribution in [-0.2, 0) is 11.2 Å². The Morgan fingerprint density at radius 2 is 2.07 bits per heavy atom. The maximum Gasteiger partial charge on any atom is 0.136 e. The van der Waals surface area contributed by atoms with Gasteiger partial charge in [-0.2, -0.15) is 0 Å². The summed E-state index contributed by atoms with van der Waals surface area (Å²) in [5.41, 5.74) is 0.814. The molecule has 0 aliphatic rings. The quantitative estimate of drug-likeness (QED) is 0.777. The number of methoxy groups -OCH3 is 2. The second kappa shape index (κ2) is 5.00. The fourth-order valence-electron chi connectivity index (χ4n) is 1.21. The van der Waals surface area contributed by atoms with Gasteiger partial charge in [-0.3, -0.25) is 0 Å². The van der Waals surface area contributed by atoms with Crippen molar-refractivity contribution < 1.29 is 14.3 Å². The van der Waals surface area contributed by atoms with Crippen molar-refractivity contribution in [1.82, 2.24) is 0 Å². The normalized spacial score (nSPS) is 9.64. The molecule has 0 spiro atoms. The van der Waals surface area contributed by atoms with Gasteiger partial charge in [-0.1, -0.05) is 0 Å². The van der Waals surface area contributed by atoms with Crippen LogP contribution in [0.4, 0.5) is 0 Å². The number of benzene rings is 1. The molecular formula is C10H11BrO3. The molecule has 0 N–H and O–H groups in total. The first-order valence-electron chi connectivity index (χ1n) is 4.07. The van der Waals surface area contributed by atoms with Crippen LogP contribution in [0.5, 0.6) is 11.5 Å². The standard InChI is InChI=1S/C10H11BrO3/c1-13-8-5-7(3-4-12)10(14-2)9(11)6-8/h4-6H,3H2,1-2H3. The first kappa shape index (κ1) is 11.0. The zero-order valence-corrected chi connectivity index (χ0v) is 9.63. The highest BCUT2D eigenvalue weighted by molar-refractivity contribution is 9.10. The predicted molar refractivity (Wildman–Crippen MR) is 57.0 cm³/mol. The number of aldehydes is 1. The van der Waals surface area contributed by atoms with E-state index >= 15 is 0 Å². The minimum Gasteiger partial charge on any atom is -0.497 e. The van der Waals surface area contributed by atoms with Crippen molar-refractivity contribution >= 4 is 22.2 Å². The van der Waals surface area contributed by atoms with Crippen molar-refractivity contribution in [3.63, 3.8) is 0 Å². The maximum atomic E-state index is 10.4. The van der Waals surface area contributed by atoms with Gasteiger partial charge in [0.05, 0.1) is 18.7 Å². The molecule has 0 atom stereocenters. The van der Waals surface area contributed by atoms with E-state index in [1.54, 1.807) is 26.4 Å². The summed E-state index contributed by atoms with van der Waals surface area (Å²) in [6.07, 6.45) is 1.16. The molecule has 0 radical (unpaired) electrons. The van der Waals surface area contributed by atoms with E-state index in [1.807, 2.05) is 0 Å². The molecule has 1 aromatic carbocycles. The Morgan fingerprint density at radius 3 is 2.57 bits per heavy atom. The van der Waals surface area contributed by atoms with E-state index in [4.69, 9.17) is 9.47 Å². The average Bonchev–Trinajstić information content (AvgIpc) is 2.18. The Kier molecular flexibility index (Phi) is 3.95. The van der Waals surface area contributed by atoms with Crippen molar-refractivity contribution in [2.45, 2.75) is 6.42 Å². The van der Waals surface area contributed by atoms with Crippen molar-refractivity contribution in [2.24, 2.45) is 0 Å². The minimum atomic E-state index is 0.318. The fourth-order valence-corrected chi connectivity index (χ4v) is 1.85. The van der Waals surface area contributed by atoms with Crippen molar-refractivity contribution in [3.05, 3.63) is 22.2 Å². The number of hydrogen-bond donors (Lipinski definition) is 0. The molecule has 0 unspecified atom stereocenters. The van der Waals surface area contributed by atoms with E-state index in [-0.39, 0.29) is 0 Å². The lowest BCUT2D eigenvalue weighted by molar-refractivity contribution is -0.107. The van der Waals surface area contributed by atoms with E-state index in [2.05, 4.69) is 15.9 Å². The smallest absolute Gasteiger partial charge is 0.136 e. The number of ether oxygens (including phenoxy) is 2. The van der Waals surface area contributed by atoms with Gasteiger partial charge in [0, 0.05) is 12.0 Å². The monoisotopic (exact) mass is 258 g/mol.